The molecule has 3 nitrogen and oxygen atoms in total. The molecule has 0 bridgehead atoms. The first-order chi connectivity index (χ1) is 19.8. The molecule has 2 heterocycles. The van der Waals surface area contributed by atoms with Gasteiger partial charge in [-0.05, 0) is 60.9 Å². The maximum Gasteiger partial charge on any atom is 0.0992 e. The van der Waals surface area contributed by atoms with E-state index < -0.39 is 0 Å². The summed E-state index contributed by atoms with van der Waals surface area (Å²) in [6.07, 6.45) is 6.53. The molecule has 5 aromatic carbocycles. The molecule has 0 aliphatic heterocycles. The lowest BCUT2D eigenvalue weighted by Gasteiger charge is -2.14. The summed E-state index contributed by atoms with van der Waals surface area (Å²) in [7, 11) is 0. The van der Waals surface area contributed by atoms with Gasteiger partial charge in [0.1, 0.15) is 0 Å². The second-order valence-electron chi connectivity index (χ2n) is 10.4. The van der Waals surface area contributed by atoms with Gasteiger partial charge in [-0.1, -0.05) is 84.9 Å². The highest BCUT2D eigenvalue weighted by Crippen LogP contribution is 2.41. The number of rotatable bonds is 3. The van der Waals surface area contributed by atoms with Gasteiger partial charge < -0.3 is 9.13 Å². The highest BCUT2D eigenvalue weighted by atomic mass is 15.0. The van der Waals surface area contributed by atoms with E-state index in [0.717, 1.165) is 24.2 Å². The van der Waals surface area contributed by atoms with Crippen LogP contribution in [0.25, 0.3) is 61.3 Å². The Bertz CT molecular complexity index is 2170. The number of hydrogen-bond acceptors (Lipinski definition) is 1. The number of nitriles is 1. The molecule has 8 rings (SSSR count). The first kappa shape index (κ1) is 22.6. The van der Waals surface area contributed by atoms with E-state index in [2.05, 4.69) is 124 Å². The van der Waals surface area contributed by atoms with Crippen LogP contribution in [-0.4, -0.2) is 9.13 Å². The van der Waals surface area contributed by atoms with Gasteiger partial charge in [0.2, 0.25) is 0 Å². The van der Waals surface area contributed by atoms with Gasteiger partial charge in [0.15, 0.2) is 0 Å². The van der Waals surface area contributed by atoms with Crippen LogP contribution in [0.5, 0.6) is 0 Å². The molecule has 0 spiro atoms. The average molecular weight is 512 g/mol. The minimum atomic E-state index is 0.674. The van der Waals surface area contributed by atoms with Gasteiger partial charge in [-0.25, -0.2) is 0 Å². The molecule has 0 saturated carbocycles. The highest BCUT2D eigenvalue weighted by molar-refractivity contribution is 6.14. The molecule has 0 amide bonds. The molecular formula is C37H25N3. The van der Waals surface area contributed by atoms with E-state index in [-0.39, 0.29) is 0 Å². The van der Waals surface area contributed by atoms with Gasteiger partial charge in [0, 0.05) is 44.4 Å². The van der Waals surface area contributed by atoms with Crippen LogP contribution in [0, 0.1) is 11.3 Å². The molecule has 0 fully saturated rings. The van der Waals surface area contributed by atoms with Crippen molar-refractivity contribution in [3.8, 4) is 28.6 Å². The van der Waals surface area contributed by atoms with Crippen molar-refractivity contribution in [1.82, 2.24) is 9.13 Å². The number of allylic oxidation sites excluding steroid dienone is 1. The highest BCUT2D eigenvalue weighted by Gasteiger charge is 2.21. The first-order valence-electron chi connectivity index (χ1n) is 13.7. The fourth-order valence-corrected chi connectivity index (χ4v) is 6.49. The minimum absolute atomic E-state index is 0.674. The molecule has 3 heteroatoms. The number of fused-ring (bicyclic) bond motifs is 6. The van der Waals surface area contributed by atoms with Crippen molar-refractivity contribution in [3.05, 3.63) is 138 Å². The predicted molar refractivity (Wildman–Crippen MR) is 165 cm³/mol. The van der Waals surface area contributed by atoms with E-state index in [0.29, 0.717) is 5.56 Å². The van der Waals surface area contributed by atoms with Crippen LogP contribution in [-0.2, 0) is 6.42 Å². The van der Waals surface area contributed by atoms with E-state index >= 15 is 0 Å². The van der Waals surface area contributed by atoms with Crippen molar-refractivity contribution in [1.29, 1.82) is 5.26 Å². The minimum Gasteiger partial charge on any atom is -0.313 e. The molecular weight excluding hydrogens is 486 g/mol. The Morgan fingerprint density at radius 1 is 0.625 bits per heavy atom. The van der Waals surface area contributed by atoms with E-state index in [9.17, 15) is 5.26 Å². The summed E-state index contributed by atoms with van der Waals surface area (Å²) in [5, 5.41) is 13.4. The van der Waals surface area contributed by atoms with Crippen LogP contribution in [0.2, 0.25) is 0 Å². The van der Waals surface area contributed by atoms with Crippen molar-refractivity contribution >= 4 is 38.8 Å². The smallest absolute Gasteiger partial charge is 0.0992 e. The lowest BCUT2D eigenvalue weighted by atomic mass is 9.98. The van der Waals surface area contributed by atoms with Gasteiger partial charge in [0.25, 0.3) is 0 Å². The zero-order chi connectivity index (χ0) is 26.6. The standard InChI is InChI=1S/C37H25N3/c38-24-25-10-8-13-28(22-25)39-34-18-6-4-14-30(34)32-21-20-26(23-36(32)39)29-16-9-17-33-31-15-5-7-19-35(31)40(37(29)33)27-11-2-1-3-12-27/h1-5,7-17,19-23H,6,18H2. The largest absolute Gasteiger partial charge is 0.313 e. The Kier molecular flexibility index (Phi) is 5.02. The number of aromatic nitrogens is 2. The summed E-state index contributed by atoms with van der Waals surface area (Å²) >= 11 is 0. The Labute approximate surface area is 232 Å². The van der Waals surface area contributed by atoms with Gasteiger partial charge in [0.05, 0.1) is 28.2 Å². The molecule has 1 aliphatic carbocycles. The number of hydrogen-bond donors (Lipinski definition) is 0. The van der Waals surface area contributed by atoms with Gasteiger partial charge in [-0.3, -0.25) is 0 Å². The fraction of sp³-hybridized carbons (Fsp3) is 0.0541. The molecule has 0 saturated heterocycles. The summed E-state index contributed by atoms with van der Waals surface area (Å²) < 4.78 is 4.76. The Morgan fingerprint density at radius 2 is 1.43 bits per heavy atom. The molecule has 2 aromatic heterocycles. The van der Waals surface area contributed by atoms with Crippen LogP contribution < -0.4 is 0 Å². The van der Waals surface area contributed by atoms with E-state index in [1.807, 2.05) is 18.2 Å². The van der Waals surface area contributed by atoms with E-state index in [1.54, 1.807) is 0 Å². The summed E-state index contributed by atoms with van der Waals surface area (Å²) in [6, 6.07) is 43.1. The quantitative estimate of drug-likeness (QED) is 0.233. The normalized spacial score (nSPS) is 12.7. The molecule has 0 radical (unpaired) electrons. The summed E-state index contributed by atoms with van der Waals surface area (Å²) in [5.74, 6) is 0. The molecule has 188 valence electrons. The van der Waals surface area contributed by atoms with E-state index in [4.69, 9.17) is 0 Å². The van der Waals surface area contributed by atoms with Crippen molar-refractivity contribution in [2.45, 2.75) is 12.8 Å². The maximum absolute atomic E-state index is 9.61. The zero-order valence-electron chi connectivity index (χ0n) is 21.9. The molecule has 0 unspecified atom stereocenters. The molecule has 7 aromatic rings. The lowest BCUT2D eigenvalue weighted by Crippen LogP contribution is -2.03. The van der Waals surface area contributed by atoms with Crippen molar-refractivity contribution in [2.24, 2.45) is 0 Å². The van der Waals surface area contributed by atoms with Crippen molar-refractivity contribution in [3.63, 3.8) is 0 Å². The van der Waals surface area contributed by atoms with Gasteiger partial charge in [-0.15, -0.1) is 0 Å². The molecule has 0 N–H and O–H groups in total. The molecule has 40 heavy (non-hydrogen) atoms. The van der Waals surface area contributed by atoms with Crippen LogP contribution in [0.1, 0.15) is 23.2 Å². The van der Waals surface area contributed by atoms with Crippen molar-refractivity contribution < 1.29 is 0 Å². The summed E-state index contributed by atoms with van der Waals surface area (Å²) in [5.41, 5.74) is 11.4. The van der Waals surface area contributed by atoms with Gasteiger partial charge >= 0.3 is 0 Å². The average Bonchev–Trinajstić information content (AvgIpc) is 3.54. The van der Waals surface area contributed by atoms with Crippen molar-refractivity contribution in [2.75, 3.05) is 0 Å². The first-order valence-corrected chi connectivity index (χ1v) is 13.7. The van der Waals surface area contributed by atoms with Crippen LogP contribution in [0.15, 0.2) is 121 Å². The third-order valence-corrected chi connectivity index (χ3v) is 8.20. The predicted octanol–water partition coefficient (Wildman–Crippen LogP) is 9.23. The zero-order valence-corrected chi connectivity index (χ0v) is 21.9. The molecule has 1 aliphatic rings. The Morgan fingerprint density at radius 3 is 2.33 bits per heavy atom. The van der Waals surface area contributed by atoms with Gasteiger partial charge in [-0.2, -0.15) is 5.26 Å². The number of para-hydroxylation sites is 3. The third kappa shape index (κ3) is 3.30. The van der Waals surface area contributed by atoms with E-state index in [1.165, 1.54) is 55.1 Å². The number of nitrogens with zero attached hydrogens (tertiary/aromatic N) is 3. The second-order valence-corrected chi connectivity index (χ2v) is 10.4. The molecule has 0 atom stereocenters. The maximum atomic E-state index is 9.61. The van der Waals surface area contributed by atoms with Crippen LogP contribution in [0.4, 0.5) is 0 Å². The second kappa shape index (κ2) is 8.86. The number of benzene rings is 5. The SMILES string of the molecule is N#Cc1cccc(-n2c3c(c4ccc(-c5cccc6c7ccccc7n(-c7ccccc7)c56)cc42)C=CCC3)c1. The topological polar surface area (TPSA) is 33.6 Å². The fourth-order valence-electron chi connectivity index (χ4n) is 6.49. The Hall–Kier alpha value is -5.33. The third-order valence-electron chi connectivity index (χ3n) is 8.20. The van der Waals surface area contributed by atoms with Crippen LogP contribution in [0.3, 0.4) is 0 Å². The summed E-state index contributed by atoms with van der Waals surface area (Å²) in [6.45, 7) is 0. The van der Waals surface area contributed by atoms with Crippen LogP contribution >= 0.6 is 0 Å². The summed E-state index contributed by atoms with van der Waals surface area (Å²) in [4.78, 5) is 0. The monoisotopic (exact) mass is 511 g/mol. The Balaban J connectivity index is 1.45. The lowest BCUT2D eigenvalue weighted by molar-refractivity contribution is 0.888.